The van der Waals surface area contributed by atoms with E-state index in [1.54, 1.807) is 0 Å². The van der Waals surface area contributed by atoms with Crippen molar-refractivity contribution in [2.75, 3.05) is 20.1 Å². The van der Waals surface area contributed by atoms with Crippen LogP contribution in [0.1, 0.15) is 40.6 Å². The van der Waals surface area contributed by atoms with Gasteiger partial charge in [-0.25, -0.2) is 0 Å². The maximum absolute atomic E-state index is 11.3. The SMILES string of the molecule is CN1Cc2nn(C3CCNCC3)c(C=O)c2C1. The minimum absolute atomic E-state index is 0.396. The monoisotopic (exact) mass is 234 g/mol. The first-order chi connectivity index (χ1) is 8.29. The van der Waals surface area contributed by atoms with Gasteiger partial charge in [-0.05, 0) is 33.0 Å². The number of hydrogen-bond donors (Lipinski definition) is 1. The lowest BCUT2D eigenvalue weighted by Gasteiger charge is -2.24. The zero-order valence-electron chi connectivity index (χ0n) is 10.1. The summed E-state index contributed by atoms with van der Waals surface area (Å²) < 4.78 is 1.98. The molecule has 0 radical (unpaired) electrons. The summed E-state index contributed by atoms with van der Waals surface area (Å²) in [6, 6.07) is 0.396. The number of aromatic nitrogens is 2. The molecular formula is C12H18N4O. The van der Waals surface area contributed by atoms with Gasteiger partial charge in [0.1, 0.15) is 5.69 Å². The molecule has 1 aromatic heterocycles. The molecule has 1 N–H and O–H groups in total. The molecule has 0 bridgehead atoms. The van der Waals surface area contributed by atoms with E-state index in [0.29, 0.717) is 6.04 Å². The van der Waals surface area contributed by atoms with Crippen molar-refractivity contribution in [3.63, 3.8) is 0 Å². The lowest BCUT2D eigenvalue weighted by Crippen LogP contribution is -2.31. The third-order valence-electron chi connectivity index (χ3n) is 3.75. The number of nitrogens with one attached hydrogen (secondary N) is 1. The van der Waals surface area contributed by atoms with Gasteiger partial charge in [0, 0.05) is 18.7 Å². The van der Waals surface area contributed by atoms with E-state index in [2.05, 4.69) is 22.4 Å². The molecule has 1 aromatic rings. The number of fused-ring (bicyclic) bond motifs is 1. The first-order valence-corrected chi connectivity index (χ1v) is 6.24. The molecule has 0 aromatic carbocycles. The van der Waals surface area contributed by atoms with Crippen LogP contribution in [0.5, 0.6) is 0 Å². The van der Waals surface area contributed by atoms with Crippen LogP contribution >= 0.6 is 0 Å². The standard InChI is InChI=1S/C12H18N4O/c1-15-6-10-11(7-15)14-16(12(10)8-17)9-2-4-13-5-3-9/h8-9,13H,2-7H2,1H3. The highest BCUT2D eigenvalue weighted by Gasteiger charge is 2.28. The van der Waals surface area contributed by atoms with Crippen molar-refractivity contribution in [2.45, 2.75) is 32.0 Å². The zero-order valence-corrected chi connectivity index (χ0v) is 10.1. The third-order valence-corrected chi connectivity index (χ3v) is 3.75. The molecule has 0 atom stereocenters. The van der Waals surface area contributed by atoms with Crippen LogP contribution in [0.4, 0.5) is 0 Å². The van der Waals surface area contributed by atoms with E-state index in [-0.39, 0.29) is 0 Å². The summed E-state index contributed by atoms with van der Waals surface area (Å²) in [7, 11) is 2.06. The summed E-state index contributed by atoms with van der Waals surface area (Å²) in [6.45, 7) is 3.77. The fraction of sp³-hybridized carbons (Fsp3) is 0.667. The van der Waals surface area contributed by atoms with Gasteiger partial charge in [0.05, 0.1) is 11.7 Å². The van der Waals surface area contributed by atoms with Crippen molar-refractivity contribution in [3.8, 4) is 0 Å². The second kappa shape index (κ2) is 4.23. The number of hydrogen-bond acceptors (Lipinski definition) is 4. The number of carbonyl (C=O) groups excluding carboxylic acids is 1. The predicted molar refractivity (Wildman–Crippen MR) is 63.9 cm³/mol. The normalized spacial score (nSPS) is 21.7. The first-order valence-electron chi connectivity index (χ1n) is 6.24. The minimum atomic E-state index is 0.396. The lowest BCUT2D eigenvalue weighted by atomic mass is 10.1. The molecule has 0 aliphatic carbocycles. The zero-order chi connectivity index (χ0) is 11.8. The number of aldehydes is 1. The Morgan fingerprint density at radius 1 is 1.35 bits per heavy atom. The second-order valence-corrected chi connectivity index (χ2v) is 5.03. The minimum Gasteiger partial charge on any atom is -0.317 e. The fourth-order valence-electron chi connectivity index (χ4n) is 2.87. The molecule has 2 aliphatic rings. The molecule has 0 saturated carbocycles. The number of nitrogens with zero attached hydrogens (tertiary/aromatic N) is 3. The molecule has 5 heteroatoms. The Kier molecular flexibility index (Phi) is 2.72. The van der Waals surface area contributed by atoms with E-state index < -0.39 is 0 Å². The van der Waals surface area contributed by atoms with Gasteiger partial charge >= 0.3 is 0 Å². The Morgan fingerprint density at radius 2 is 2.12 bits per heavy atom. The van der Waals surface area contributed by atoms with Crippen molar-refractivity contribution < 1.29 is 4.79 Å². The van der Waals surface area contributed by atoms with E-state index in [1.165, 1.54) is 0 Å². The van der Waals surface area contributed by atoms with Crippen molar-refractivity contribution in [1.82, 2.24) is 20.0 Å². The van der Waals surface area contributed by atoms with Gasteiger partial charge in [-0.1, -0.05) is 0 Å². The highest BCUT2D eigenvalue weighted by atomic mass is 16.1. The molecule has 2 aliphatic heterocycles. The Hall–Kier alpha value is -1.20. The predicted octanol–water partition coefficient (Wildman–Crippen LogP) is 0.565. The summed E-state index contributed by atoms with van der Waals surface area (Å²) in [4.78, 5) is 13.5. The van der Waals surface area contributed by atoms with E-state index >= 15 is 0 Å². The molecule has 0 unspecified atom stereocenters. The molecule has 5 nitrogen and oxygen atoms in total. The molecular weight excluding hydrogens is 216 g/mol. The van der Waals surface area contributed by atoms with Gasteiger partial charge in [-0.2, -0.15) is 5.10 Å². The summed E-state index contributed by atoms with van der Waals surface area (Å²) in [6.07, 6.45) is 3.11. The van der Waals surface area contributed by atoms with Gasteiger partial charge in [0.2, 0.25) is 0 Å². The number of carbonyl (C=O) groups is 1. The largest absolute Gasteiger partial charge is 0.317 e. The Morgan fingerprint density at radius 3 is 2.82 bits per heavy atom. The maximum atomic E-state index is 11.3. The molecule has 1 saturated heterocycles. The van der Waals surface area contributed by atoms with Gasteiger partial charge in [-0.15, -0.1) is 0 Å². The smallest absolute Gasteiger partial charge is 0.168 e. The average molecular weight is 234 g/mol. The molecule has 17 heavy (non-hydrogen) atoms. The topological polar surface area (TPSA) is 50.2 Å². The van der Waals surface area contributed by atoms with Crippen LogP contribution in [0.25, 0.3) is 0 Å². The molecule has 0 spiro atoms. The first kappa shape index (κ1) is 10.9. The van der Waals surface area contributed by atoms with Gasteiger partial charge in [0.15, 0.2) is 6.29 Å². The Labute approximate surface area is 101 Å². The van der Waals surface area contributed by atoms with Gasteiger partial charge in [-0.3, -0.25) is 14.4 Å². The van der Waals surface area contributed by atoms with Crippen LogP contribution in [0.3, 0.4) is 0 Å². The van der Waals surface area contributed by atoms with Crippen molar-refractivity contribution in [1.29, 1.82) is 0 Å². The summed E-state index contributed by atoms with van der Waals surface area (Å²) >= 11 is 0. The summed E-state index contributed by atoms with van der Waals surface area (Å²) in [5.41, 5.74) is 3.03. The van der Waals surface area contributed by atoms with Crippen LogP contribution in [0, 0.1) is 0 Å². The van der Waals surface area contributed by atoms with E-state index in [1.807, 2.05) is 4.68 Å². The van der Waals surface area contributed by atoms with E-state index in [0.717, 1.165) is 62.3 Å². The fourth-order valence-corrected chi connectivity index (χ4v) is 2.87. The Bertz CT molecular complexity index is 434. The molecule has 3 heterocycles. The van der Waals surface area contributed by atoms with Crippen LogP contribution in [0.15, 0.2) is 0 Å². The highest BCUT2D eigenvalue weighted by Crippen LogP contribution is 2.28. The van der Waals surface area contributed by atoms with Gasteiger partial charge < -0.3 is 5.32 Å². The van der Waals surface area contributed by atoms with Crippen LogP contribution < -0.4 is 5.32 Å². The van der Waals surface area contributed by atoms with Crippen molar-refractivity contribution >= 4 is 6.29 Å². The molecule has 0 amide bonds. The van der Waals surface area contributed by atoms with E-state index in [9.17, 15) is 4.79 Å². The second-order valence-electron chi connectivity index (χ2n) is 5.03. The van der Waals surface area contributed by atoms with Crippen LogP contribution in [0.2, 0.25) is 0 Å². The Balaban J connectivity index is 1.95. The number of rotatable bonds is 2. The van der Waals surface area contributed by atoms with Crippen molar-refractivity contribution in [2.24, 2.45) is 0 Å². The summed E-state index contributed by atoms with van der Waals surface area (Å²) in [5, 5.41) is 7.99. The molecule has 92 valence electrons. The van der Waals surface area contributed by atoms with Crippen molar-refractivity contribution in [3.05, 3.63) is 17.0 Å². The summed E-state index contributed by atoms with van der Waals surface area (Å²) in [5.74, 6) is 0. The number of piperidine rings is 1. The lowest BCUT2D eigenvalue weighted by molar-refractivity contribution is 0.110. The van der Waals surface area contributed by atoms with Crippen LogP contribution in [-0.2, 0) is 13.1 Å². The molecule has 1 fully saturated rings. The average Bonchev–Trinajstić information content (AvgIpc) is 2.85. The van der Waals surface area contributed by atoms with E-state index in [4.69, 9.17) is 0 Å². The third kappa shape index (κ3) is 1.79. The molecule has 3 rings (SSSR count). The quantitative estimate of drug-likeness (QED) is 0.760. The van der Waals surface area contributed by atoms with Gasteiger partial charge in [0.25, 0.3) is 0 Å². The highest BCUT2D eigenvalue weighted by molar-refractivity contribution is 5.75. The van der Waals surface area contributed by atoms with Crippen LogP contribution in [-0.4, -0.2) is 41.1 Å². The maximum Gasteiger partial charge on any atom is 0.168 e.